The highest BCUT2D eigenvalue weighted by Crippen LogP contribution is 2.02. The summed E-state index contributed by atoms with van der Waals surface area (Å²) in [6.07, 6.45) is -1.23. The second-order valence-electron chi connectivity index (χ2n) is 8.36. The standard InChI is InChI=1S/2C9H18NO3.2ClH/c2*1-7(11)9(13-8(2)12)6-10(3,4)5;;/h2*9H,6H2,1-5H3;2*1H/q2*+1;;/p-2. The van der Waals surface area contributed by atoms with E-state index in [9.17, 15) is 19.2 Å². The molecule has 0 saturated carbocycles. The molecule has 0 rings (SSSR count). The predicted molar refractivity (Wildman–Crippen MR) is 98.3 cm³/mol. The number of likely N-dealkylation sites (N-methyl/N-ethyl adjacent to an activating group) is 2. The normalized spacial score (nSPS) is 12.6. The molecular formula is C18H36Cl2N2O6. The van der Waals surface area contributed by atoms with Crippen LogP contribution >= 0.6 is 0 Å². The maximum Gasteiger partial charge on any atom is 0.303 e. The predicted octanol–water partition coefficient (Wildman–Crippen LogP) is -5.57. The van der Waals surface area contributed by atoms with Crippen molar-refractivity contribution < 1.29 is 62.4 Å². The smallest absolute Gasteiger partial charge is 0.303 e. The van der Waals surface area contributed by atoms with Crippen LogP contribution in [0, 0.1) is 0 Å². The van der Waals surface area contributed by atoms with Crippen LogP contribution < -0.4 is 24.8 Å². The number of hydrogen-bond donors (Lipinski definition) is 0. The van der Waals surface area contributed by atoms with Gasteiger partial charge < -0.3 is 43.3 Å². The first-order valence-corrected chi connectivity index (χ1v) is 8.41. The van der Waals surface area contributed by atoms with Crippen molar-refractivity contribution in [2.75, 3.05) is 55.4 Å². The van der Waals surface area contributed by atoms with Crippen LogP contribution in [-0.4, -0.2) is 100 Å². The van der Waals surface area contributed by atoms with E-state index in [0.29, 0.717) is 22.1 Å². The van der Waals surface area contributed by atoms with Crippen molar-refractivity contribution in [1.82, 2.24) is 0 Å². The summed E-state index contributed by atoms with van der Waals surface area (Å²) in [5, 5.41) is 0. The van der Waals surface area contributed by atoms with Gasteiger partial charge in [0.1, 0.15) is 13.1 Å². The fraction of sp³-hybridized carbons (Fsp3) is 0.778. The van der Waals surface area contributed by atoms with E-state index in [-0.39, 0.29) is 36.4 Å². The third-order valence-corrected chi connectivity index (χ3v) is 2.95. The number of halogens is 2. The lowest BCUT2D eigenvalue weighted by atomic mass is 10.2. The number of ether oxygens (including phenoxy) is 2. The summed E-state index contributed by atoms with van der Waals surface area (Å²) in [5.41, 5.74) is 0. The van der Waals surface area contributed by atoms with Crippen LogP contribution in [0.15, 0.2) is 0 Å². The van der Waals surface area contributed by atoms with Crippen LogP contribution in [0.1, 0.15) is 27.7 Å². The molecule has 0 spiro atoms. The molecule has 2 unspecified atom stereocenters. The fourth-order valence-corrected chi connectivity index (χ4v) is 1.89. The van der Waals surface area contributed by atoms with Gasteiger partial charge in [0.25, 0.3) is 0 Å². The minimum absolute atomic E-state index is 0. The van der Waals surface area contributed by atoms with Gasteiger partial charge >= 0.3 is 11.9 Å². The Labute approximate surface area is 181 Å². The Kier molecular flexibility index (Phi) is 18.0. The van der Waals surface area contributed by atoms with Crippen molar-refractivity contribution in [3.63, 3.8) is 0 Å². The molecule has 0 aromatic rings. The summed E-state index contributed by atoms with van der Waals surface area (Å²) in [6, 6.07) is 0. The van der Waals surface area contributed by atoms with Gasteiger partial charge in [0.05, 0.1) is 42.3 Å². The molecular weight excluding hydrogens is 411 g/mol. The number of ketones is 2. The highest BCUT2D eigenvalue weighted by atomic mass is 35.5. The van der Waals surface area contributed by atoms with Crippen LogP contribution in [0.2, 0.25) is 0 Å². The maximum atomic E-state index is 11.1. The topological polar surface area (TPSA) is 86.7 Å². The first-order chi connectivity index (χ1) is 11.4. The average molecular weight is 447 g/mol. The van der Waals surface area contributed by atoms with Gasteiger partial charge in [-0.2, -0.15) is 0 Å². The molecule has 10 heteroatoms. The maximum absolute atomic E-state index is 11.1. The third kappa shape index (κ3) is 22.8. The Balaban J connectivity index is -0.000000192. The van der Waals surface area contributed by atoms with E-state index in [4.69, 9.17) is 9.47 Å². The molecule has 0 radical (unpaired) electrons. The summed E-state index contributed by atoms with van der Waals surface area (Å²) in [4.78, 5) is 43.5. The molecule has 8 nitrogen and oxygen atoms in total. The minimum Gasteiger partial charge on any atom is -1.00 e. The second kappa shape index (κ2) is 14.7. The summed E-state index contributed by atoms with van der Waals surface area (Å²) in [6.45, 7) is 6.51. The minimum atomic E-state index is -0.613. The highest BCUT2D eigenvalue weighted by Gasteiger charge is 2.25. The van der Waals surface area contributed by atoms with Crippen LogP contribution in [0.25, 0.3) is 0 Å². The van der Waals surface area contributed by atoms with Crippen molar-refractivity contribution in [2.24, 2.45) is 0 Å². The van der Waals surface area contributed by atoms with Crippen LogP contribution in [-0.2, 0) is 28.7 Å². The lowest BCUT2D eigenvalue weighted by Crippen LogP contribution is -3.00. The van der Waals surface area contributed by atoms with E-state index in [2.05, 4.69) is 0 Å². The first-order valence-electron chi connectivity index (χ1n) is 8.41. The Morgan fingerprint density at radius 2 is 0.821 bits per heavy atom. The molecule has 0 saturated heterocycles. The van der Waals surface area contributed by atoms with Crippen molar-refractivity contribution in [2.45, 2.75) is 39.9 Å². The molecule has 0 aromatic heterocycles. The van der Waals surface area contributed by atoms with E-state index in [0.717, 1.165) is 0 Å². The quantitative estimate of drug-likeness (QED) is 0.273. The number of carbonyl (C=O) groups is 4. The van der Waals surface area contributed by atoms with Gasteiger partial charge in [0.15, 0.2) is 11.6 Å². The van der Waals surface area contributed by atoms with Crippen LogP contribution in [0.3, 0.4) is 0 Å². The van der Waals surface area contributed by atoms with Crippen LogP contribution in [0.4, 0.5) is 0 Å². The zero-order valence-corrected chi connectivity index (χ0v) is 20.2. The summed E-state index contributed by atoms with van der Waals surface area (Å²) < 4.78 is 11.0. The molecule has 0 aliphatic carbocycles. The van der Waals surface area contributed by atoms with E-state index in [1.807, 2.05) is 42.3 Å². The van der Waals surface area contributed by atoms with Crippen LogP contribution in [0.5, 0.6) is 0 Å². The molecule has 0 aliphatic rings. The monoisotopic (exact) mass is 446 g/mol. The fourth-order valence-electron chi connectivity index (χ4n) is 1.89. The summed E-state index contributed by atoms with van der Waals surface area (Å²) in [5.74, 6) is -1.03. The zero-order valence-electron chi connectivity index (χ0n) is 18.7. The van der Waals surface area contributed by atoms with Crippen molar-refractivity contribution in [1.29, 1.82) is 0 Å². The van der Waals surface area contributed by atoms with Crippen molar-refractivity contribution >= 4 is 23.5 Å². The molecule has 0 amide bonds. The molecule has 0 bridgehead atoms. The van der Waals surface area contributed by atoms with Gasteiger partial charge in [-0.3, -0.25) is 19.2 Å². The van der Waals surface area contributed by atoms with Crippen molar-refractivity contribution in [3.8, 4) is 0 Å². The van der Waals surface area contributed by atoms with Gasteiger partial charge in [0, 0.05) is 13.8 Å². The van der Waals surface area contributed by atoms with E-state index in [1.54, 1.807) is 0 Å². The first kappa shape index (κ1) is 34.3. The van der Waals surface area contributed by atoms with Gasteiger partial charge in [-0.1, -0.05) is 0 Å². The second-order valence-corrected chi connectivity index (χ2v) is 8.36. The molecule has 0 heterocycles. The van der Waals surface area contributed by atoms with Gasteiger partial charge in [-0.25, -0.2) is 0 Å². The number of nitrogens with zero attached hydrogens (tertiary/aromatic N) is 2. The Morgan fingerprint density at radius 1 is 0.607 bits per heavy atom. The average Bonchev–Trinajstić information content (AvgIpc) is 2.33. The number of quaternary nitrogens is 2. The molecule has 168 valence electrons. The molecule has 0 aliphatic heterocycles. The largest absolute Gasteiger partial charge is 1.00 e. The van der Waals surface area contributed by atoms with Crippen molar-refractivity contribution in [3.05, 3.63) is 0 Å². The molecule has 2 atom stereocenters. The number of hydrogen-bond acceptors (Lipinski definition) is 6. The number of carbonyl (C=O) groups excluding carboxylic acids is 4. The van der Waals surface area contributed by atoms with E-state index >= 15 is 0 Å². The highest BCUT2D eigenvalue weighted by molar-refractivity contribution is 5.83. The van der Waals surface area contributed by atoms with Gasteiger partial charge in [-0.05, 0) is 13.8 Å². The third-order valence-electron chi connectivity index (χ3n) is 2.95. The Hall–Kier alpha value is -1.22. The van der Waals surface area contributed by atoms with E-state index < -0.39 is 24.1 Å². The molecule has 0 aromatic carbocycles. The summed E-state index contributed by atoms with van der Waals surface area (Å²) >= 11 is 0. The lowest BCUT2D eigenvalue weighted by molar-refractivity contribution is -0.872. The molecule has 0 fully saturated rings. The SMILES string of the molecule is CC(=O)OC(C[N+](C)(C)C)C(C)=O.CC(=O)OC(C[N+](C)(C)C)C(C)=O.[Cl-].[Cl-]. The van der Waals surface area contributed by atoms with Gasteiger partial charge in [-0.15, -0.1) is 0 Å². The zero-order chi connectivity index (χ0) is 21.3. The Morgan fingerprint density at radius 3 is 0.929 bits per heavy atom. The van der Waals surface area contributed by atoms with E-state index in [1.165, 1.54) is 27.7 Å². The Bertz CT molecular complexity index is 467. The summed E-state index contributed by atoms with van der Waals surface area (Å²) in [7, 11) is 11.7. The lowest BCUT2D eigenvalue weighted by Gasteiger charge is -2.27. The number of Topliss-reactive ketones (excluding diaryl/α,β-unsaturated/α-hetero) is 2. The van der Waals surface area contributed by atoms with Gasteiger partial charge in [0.2, 0.25) is 12.2 Å². The molecule has 0 N–H and O–H groups in total. The number of esters is 2. The number of rotatable bonds is 8. The molecule has 28 heavy (non-hydrogen) atoms.